The molecule has 1 heterocycles. The van der Waals surface area contributed by atoms with Crippen molar-refractivity contribution in [3.05, 3.63) is 40.1 Å². The van der Waals surface area contributed by atoms with Gasteiger partial charge >= 0.3 is 0 Å². The fourth-order valence-electron chi connectivity index (χ4n) is 2.37. The highest BCUT2D eigenvalue weighted by atomic mass is 32.2. The molecule has 0 aliphatic carbocycles. The first-order chi connectivity index (χ1) is 9.76. The summed E-state index contributed by atoms with van der Waals surface area (Å²) < 4.78 is 27.9. The summed E-state index contributed by atoms with van der Waals surface area (Å²) in [6.07, 6.45) is 0.774. The Morgan fingerprint density at radius 3 is 2.14 bits per heavy atom. The Morgan fingerprint density at radius 1 is 1.10 bits per heavy atom. The molecule has 0 aliphatic heterocycles. The number of rotatable bonds is 4. The molecule has 0 amide bonds. The van der Waals surface area contributed by atoms with Gasteiger partial charge in [-0.3, -0.25) is 9.82 Å². The topological polar surface area (TPSA) is 74.8 Å². The third-order valence-corrected chi connectivity index (χ3v) is 5.44. The Labute approximate surface area is 125 Å². The van der Waals surface area contributed by atoms with Gasteiger partial charge in [-0.1, -0.05) is 13.0 Å². The maximum atomic E-state index is 12.7. The Kier molecular flexibility index (Phi) is 4.09. The van der Waals surface area contributed by atoms with Gasteiger partial charge in [0.05, 0.1) is 4.90 Å². The Hall–Kier alpha value is -1.82. The van der Waals surface area contributed by atoms with Crippen molar-refractivity contribution in [3.8, 4) is 0 Å². The number of nitrogens with one attached hydrogen (secondary N) is 2. The predicted octanol–water partition coefficient (Wildman–Crippen LogP) is 3.01. The minimum absolute atomic E-state index is 0.324. The van der Waals surface area contributed by atoms with Gasteiger partial charge in [0, 0.05) is 11.8 Å². The van der Waals surface area contributed by atoms with Crippen LogP contribution < -0.4 is 4.72 Å². The number of benzene rings is 1. The summed E-state index contributed by atoms with van der Waals surface area (Å²) in [4.78, 5) is 0.348. The summed E-state index contributed by atoms with van der Waals surface area (Å²) in [6.45, 7) is 9.48. The van der Waals surface area contributed by atoms with Crippen molar-refractivity contribution >= 4 is 15.8 Å². The maximum absolute atomic E-state index is 12.7. The molecule has 1 aromatic heterocycles. The van der Waals surface area contributed by atoms with E-state index in [4.69, 9.17) is 0 Å². The number of H-pyrrole nitrogens is 1. The quantitative estimate of drug-likeness (QED) is 0.911. The lowest BCUT2D eigenvalue weighted by atomic mass is 10.0. The van der Waals surface area contributed by atoms with Crippen molar-refractivity contribution in [1.82, 2.24) is 10.2 Å². The van der Waals surface area contributed by atoms with E-state index in [2.05, 4.69) is 14.9 Å². The first kappa shape index (κ1) is 15.6. The van der Waals surface area contributed by atoms with E-state index in [1.165, 1.54) is 0 Å². The summed E-state index contributed by atoms with van der Waals surface area (Å²) in [7, 11) is -3.65. The van der Waals surface area contributed by atoms with Crippen molar-refractivity contribution in [2.24, 2.45) is 0 Å². The third kappa shape index (κ3) is 2.95. The van der Waals surface area contributed by atoms with E-state index >= 15 is 0 Å². The van der Waals surface area contributed by atoms with Crippen molar-refractivity contribution < 1.29 is 8.42 Å². The molecular weight excluding hydrogens is 286 g/mol. The molecule has 114 valence electrons. The van der Waals surface area contributed by atoms with Gasteiger partial charge in [0.1, 0.15) is 0 Å². The normalized spacial score (nSPS) is 11.7. The molecule has 0 fully saturated rings. The van der Waals surface area contributed by atoms with Gasteiger partial charge in [0.25, 0.3) is 10.0 Å². The molecule has 1 aromatic carbocycles. The zero-order valence-corrected chi connectivity index (χ0v) is 13.9. The van der Waals surface area contributed by atoms with Crippen molar-refractivity contribution in [2.75, 3.05) is 4.72 Å². The van der Waals surface area contributed by atoms with Crippen molar-refractivity contribution in [2.45, 2.75) is 45.9 Å². The SMILES string of the molecule is CCc1cc(NS(=O)(=O)c2c(C)c(C)cc(C)c2C)n[nH]1. The molecule has 5 nitrogen and oxygen atoms in total. The van der Waals surface area contributed by atoms with Crippen LogP contribution in [0, 0.1) is 27.7 Å². The molecule has 0 bridgehead atoms. The second kappa shape index (κ2) is 5.52. The van der Waals surface area contributed by atoms with Gasteiger partial charge in [-0.15, -0.1) is 0 Å². The number of aryl methyl sites for hydroxylation is 3. The largest absolute Gasteiger partial charge is 0.280 e. The summed E-state index contributed by atoms with van der Waals surface area (Å²) in [6, 6.07) is 3.72. The minimum atomic E-state index is -3.65. The molecule has 2 N–H and O–H groups in total. The molecule has 0 atom stereocenters. The van der Waals surface area contributed by atoms with E-state index in [0.717, 1.165) is 34.4 Å². The van der Waals surface area contributed by atoms with E-state index in [0.29, 0.717) is 10.7 Å². The second-order valence-corrected chi connectivity index (χ2v) is 6.95. The van der Waals surface area contributed by atoms with Crippen LogP contribution in [0.2, 0.25) is 0 Å². The van der Waals surface area contributed by atoms with E-state index in [1.807, 2.05) is 40.7 Å². The van der Waals surface area contributed by atoms with Gasteiger partial charge in [-0.25, -0.2) is 8.42 Å². The Bertz CT molecular complexity index is 750. The molecular formula is C15H21N3O2S. The van der Waals surface area contributed by atoms with Gasteiger partial charge in [-0.2, -0.15) is 5.10 Å². The van der Waals surface area contributed by atoms with Crippen LogP contribution in [0.25, 0.3) is 0 Å². The first-order valence-corrected chi connectivity index (χ1v) is 8.39. The number of hydrogen-bond acceptors (Lipinski definition) is 3. The lowest BCUT2D eigenvalue weighted by Gasteiger charge is -2.15. The second-order valence-electron chi connectivity index (χ2n) is 5.33. The van der Waals surface area contributed by atoms with Gasteiger partial charge in [0.2, 0.25) is 0 Å². The van der Waals surface area contributed by atoms with Crippen molar-refractivity contribution in [3.63, 3.8) is 0 Å². The van der Waals surface area contributed by atoms with Crippen LogP contribution in [-0.2, 0) is 16.4 Å². The van der Waals surface area contributed by atoms with Crippen LogP contribution in [0.15, 0.2) is 17.0 Å². The highest BCUT2D eigenvalue weighted by molar-refractivity contribution is 7.92. The third-order valence-electron chi connectivity index (χ3n) is 3.82. The van der Waals surface area contributed by atoms with Crippen LogP contribution in [-0.4, -0.2) is 18.6 Å². The number of hydrogen-bond donors (Lipinski definition) is 2. The minimum Gasteiger partial charge on any atom is -0.280 e. The molecule has 0 unspecified atom stereocenters. The molecule has 0 radical (unpaired) electrons. The van der Waals surface area contributed by atoms with Gasteiger partial charge in [-0.05, 0) is 56.4 Å². The molecule has 21 heavy (non-hydrogen) atoms. The molecule has 0 aliphatic rings. The smallest absolute Gasteiger partial charge is 0.263 e. The van der Waals surface area contributed by atoms with Gasteiger partial charge in [0.15, 0.2) is 5.82 Å². The Morgan fingerprint density at radius 2 is 1.67 bits per heavy atom. The van der Waals surface area contributed by atoms with Gasteiger partial charge < -0.3 is 0 Å². The van der Waals surface area contributed by atoms with Crippen LogP contribution in [0.1, 0.15) is 34.9 Å². The number of aromatic amines is 1. The summed E-state index contributed by atoms with van der Waals surface area (Å²) in [5, 5.41) is 6.79. The zero-order valence-electron chi connectivity index (χ0n) is 13.0. The number of anilines is 1. The van der Waals surface area contributed by atoms with Crippen LogP contribution in [0.3, 0.4) is 0 Å². The molecule has 2 aromatic rings. The van der Waals surface area contributed by atoms with E-state index in [-0.39, 0.29) is 0 Å². The molecule has 0 spiro atoms. The molecule has 0 saturated carbocycles. The predicted molar refractivity (Wildman–Crippen MR) is 84.2 cm³/mol. The fourth-order valence-corrected chi connectivity index (χ4v) is 3.98. The van der Waals surface area contributed by atoms with E-state index < -0.39 is 10.0 Å². The lowest BCUT2D eigenvalue weighted by Crippen LogP contribution is -2.17. The first-order valence-electron chi connectivity index (χ1n) is 6.90. The lowest BCUT2D eigenvalue weighted by molar-refractivity contribution is 0.599. The van der Waals surface area contributed by atoms with Crippen LogP contribution >= 0.6 is 0 Å². The molecule has 6 heteroatoms. The zero-order chi connectivity index (χ0) is 15.8. The van der Waals surface area contributed by atoms with E-state index in [9.17, 15) is 8.42 Å². The van der Waals surface area contributed by atoms with E-state index in [1.54, 1.807) is 6.07 Å². The molecule has 0 saturated heterocycles. The highest BCUT2D eigenvalue weighted by Gasteiger charge is 2.23. The highest BCUT2D eigenvalue weighted by Crippen LogP contribution is 2.27. The monoisotopic (exact) mass is 307 g/mol. The Balaban J connectivity index is 2.49. The average Bonchev–Trinajstić information content (AvgIpc) is 2.83. The van der Waals surface area contributed by atoms with Crippen LogP contribution in [0.4, 0.5) is 5.82 Å². The molecule has 2 rings (SSSR count). The standard InChI is InChI=1S/C15H21N3O2S/c1-6-13-8-14(17-16-13)18-21(19,20)15-11(4)9(2)7-10(3)12(15)5/h7-8H,6H2,1-5H3,(H2,16,17,18). The average molecular weight is 307 g/mol. The number of nitrogens with zero attached hydrogens (tertiary/aromatic N) is 1. The van der Waals surface area contributed by atoms with Crippen LogP contribution in [0.5, 0.6) is 0 Å². The van der Waals surface area contributed by atoms with Crippen molar-refractivity contribution in [1.29, 1.82) is 0 Å². The summed E-state index contributed by atoms with van der Waals surface area (Å²) in [5.74, 6) is 0.324. The number of aromatic nitrogens is 2. The maximum Gasteiger partial charge on any atom is 0.263 e. The number of sulfonamides is 1. The summed E-state index contributed by atoms with van der Waals surface area (Å²) >= 11 is 0. The fraction of sp³-hybridized carbons (Fsp3) is 0.400. The summed E-state index contributed by atoms with van der Waals surface area (Å²) in [5.41, 5.74) is 4.37.